The van der Waals surface area contributed by atoms with E-state index in [9.17, 15) is 8.42 Å². The topological polar surface area (TPSA) is 61.9 Å². The second-order valence-electron chi connectivity index (χ2n) is 4.44. The first-order valence-electron chi connectivity index (χ1n) is 6.21. The number of ether oxygens (including phenoxy) is 1. The fourth-order valence-electron chi connectivity index (χ4n) is 2.11. The maximum Gasteiger partial charge on any atom is 0.282 e. The summed E-state index contributed by atoms with van der Waals surface area (Å²) in [6.45, 7) is 6.10. The van der Waals surface area contributed by atoms with Gasteiger partial charge >= 0.3 is 0 Å². The maximum atomic E-state index is 12.5. The van der Waals surface area contributed by atoms with E-state index in [1.165, 1.54) is 0 Å². The van der Waals surface area contributed by atoms with Gasteiger partial charge in [-0.3, -0.25) is 0 Å². The number of hydrogen-bond donors (Lipinski definition) is 1. The molecule has 0 saturated carbocycles. The highest BCUT2D eigenvalue weighted by atomic mass is 32.2. The lowest BCUT2D eigenvalue weighted by atomic mass is 10.2. The van der Waals surface area contributed by atoms with E-state index in [0.717, 1.165) is 19.5 Å². The molecule has 0 aromatic carbocycles. The lowest BCUT2D eigenvalue weighted by Gasteiger charge is -2.40. The second kappa shape index (κ2) is 5.62. The average Bonchev–Trinajstić information content (AvgIpc) is 2.27. The summed E-state index contributed by atoms with van der Waals surface area (Å²) in [5.41, 5.74) is 0. The van der Waals surface area contributed by atoms with Gasteiger partial charge in [-0.15, -0.1) is 0 Å². The van der Waals surface area contributed by atoms with E-state index in [1.807, 2.05) is 6.92 Å². The molecule has 100 valence electrons. The first-order chi connectivity index (χ1) is 8.16. The van der Waals surface area contributed by atoms with Gasteiger partial charge in [0.1, 0.15) is 0 Å². The lowest BCUT2D eigenvalue weighted by molar-refractivity contribution is 0.0682. The Morgan fingerprint density at radius 1 is 1.35 bits per heavy atom. The highest BCUT2D eigenvalue weighted by Gasteiger charge is 2.37. The summed E-state index contributed by atoms with van der Waals surface area (Å²) in [5.74, 6) is 0. The fourth-order valence-corrected chi connectivity index (χ4v) is 3.96. The van der Waals surface area contributed by atoms with Gasteiger partial charge in [0.2, 0.25) is 0 Å². The van der Waals surface area contributed by atoms with Crippen LogP contribution < -0.4 is 5.32 Å². The third-order valence-electron chi connectivity index (χ3n) is 3.20. The molecule has 1 N–H and O–H groups in total. The minimum absolute atomic E-state index is 0.128. The van der Waals surface area contributed by atoms with E-state index in [2.05, 4.69) is 5.32 Å². The summed E-state index contributed by atoms with van der Waals surface area (Å²) in [5, 5.41) is 3.13. The Labute approximate surface area is 103 Å². The third-order valence-corrected chi connectivity index (χ3v) is 5.30. The van der Waals surface area contributed by atoms with Crippen molar-refractivity contribution in [1.29, 1.82) is 0 Å². The van der Waals surface area contributed by atoms with Gasteiger partial charge in [-0.05, 0) is 6.42 Å². The van der Waals surface area contributed by atoms with Gasteiger partial charge in [0.15, 0.2) is 0 Å². The Hall–Kier alpha value is -0.210. The second-order valence-corrected chi connectivity index (χ2v) is 6.32. The molecule has 2 saturated heterocycles. The molecule has 7 heteroatoms. The van der Waals surface area contributed by atoms with E-state index in [-0.39, 0.29) is 6.04 Å². The molecule has 2 rings (SSSR count). The molecule has 0 amide bonds. The van der Waals surface area contributed by atoms with Crippen LogP contribution in [0, 0.1) is 0 Å². The number of nitrogens with one attached hydrogen (secondary N) is 1. The molecule has 2 heterocycles. The number of nitrogens with zero attached hydrogens (tertiary/aromatic N) is 2. The monoisotopic (exact) mass is 263 g/mol. The quantitative estimate of drug-likeness (QED) is 0.709. The fraction of sp³-hybridized carbons (Fsp3) is 1.00. The van der Waals surface area contributed by atoms with E-state index >= 15 is 0 Å². The summed E-state index contributed by atoms with van der Waals surface area (Å²) in [4.78, 5) is 0. The normalized spacial score (nSPS) is 23.9. The molecule has 0 spiro atoms. The zero-order valence-corrected chi connectivity index (χ0v) is 11.1. The van der Waals surface area contributed by atoms with E-state index in [0.29, 0.717) is 32.8 Å². The van der Waals surface area contributed by atoms with E-state index < -0.39 is 10.2 Å². The van der Waals surface area contributed by atoms with Gasteiger partial charge in [0.25, 0.3) is 10.2 Å². The molecule has 0 atom stereocenters. The van der Waals surface area contributed by atoms with Crippen LogP contribution in [0.2, 0.25) is 0 Å². The summed E-state index contributed by atoms with van der Waals surface area (Å²) in [6, 6.07) is 0.128. The van der Waals surface area contributed by atoms with Crippen LogP contribution in [0.1, 0.15) is 13.3 Å². The van der Waals surface area contributed by atoms with Crippen LogP contribution in [0.5, 0.6) is 0 Å². The van der Waals surface area contributed by atoms with Gasteiger partial charge in [0.05, 0.1) is 19.3 Å². The number of hydrogen-bond acceptors (Lipinski definition) is 4. The lowest BCUT2D eigenvalue weighted by Crippen LogP contribution is -2.62. The molecular formula is C10H21N3O3S. The van der Waals surface area contributed by atoms with Crippen LogP contribution in [0.4, 0.5) is 0 Å². The Morgan fingerprint density at radius 2 is 2.00 bits per heavy atom. The smallest absolute Gasteiger partial charge is 0.282 e. The van der Waals surface area contributed by atoms with Crippen LogP contribution in [0.3, 0.4) is 0 Å². The Kier molecular flexibility index (Phi) is 4.37. The zero-order valence-electron chi connectivity index (χ0n) is 10.3. The van der Waals surface area contributed by atoms with Crippen LogP contribution in [0.25, 0.3) is 0 Å². The molecule has 0 aliphatic carbocycles. The van der Waals surface area contributed by atoms with E-state index in [4.69, 9.17) is 4.74 Å². The summed E-state index contributed by atoms with van der Waals surface area (Å²) in [6.07, 6.45) is 0.847. The van der Waals surface area contributed by atoms with Crippen LogP contribution in [0.15, 0.2) is 0 Å². The first-order valence-corrected chi connectivity index (χ1v) is 7.61. The molecule has 0 bridgehead atoms. The van der Waals surface area contributed by atoms with Gasteiger partial charge in [-0.1, -0.05) is 6.92 Å². The summed E-state index contributed by atoms with van der Waals surface area (Å²) in [7, 11) is -3.30. The summed E-state index contributed by atoms with van der Waals surface area (Å²) < 4.78 is 33.3. The highest BCUT2D eigenvalue weighted by Crippen LogP contribution is 2.17. The van der Waals surface area contributed by atoms with Gasteiger partial charge in [0, 0.05) is 32.7 Å². The molecule has 0 unspecified atom stereocenters. The van der Waals surface area contributed by atoms with Crippen molar-refractivity contribution >= 4 is 10.2 Å². The average molecular weight is 263 g/mol. The predicted octanol–water partition coefficient (Wildman–Crippen LogP) is -0.753. The van der Waals surface area contributed by atoms with Crippen LogP contribution in [-0.4, -0.2) is 69.0 Å². The molecule has 0 radical (unpaired) electrons. The first kappa shape index (κ1) is 13.2. The maximum absolute atomic E-state index is 12.5. The van der Waals surface area contributed by atoms with Gasteiger partial charge in [-0.2, -0.15) is 17.0 Å². The molecule has 0 aromatic heterocycles. The van der Waals surface area contributed by atoms with Crippen molar-refractivity contribution in [1.82, 2.24) is 13.9 Å². The van der Waals surface area contributed by atoms with Crippen molar-refractivity contribution in [3.63, 3.8) is 0 Å². The largest absolute Gasteiger partial charge is 0.379 e. The minimum Gasteiger partial charge on any atom is -0.379 e. The highest BCUT2D eigenvalue weighted by molar-refractivity contribution is 7.86. The van der Waals surface area contributed by atoms with E-state index in [1.54, 1.807) is 8.61 Å². The van der Waals surface area contributed by atoms with Crippen LogP contribution in [-0.2, 0) is 14.9 Å². The Balaban J connectivity index is 2.08. The SMILES string of the molecule is CCCN(C1CNC1)S(=O)(=O)N1CCOCC1. The van der Waals surface area contributed by atoms with Gasteiger partial charge in [-0.25, -0.2) is 0 Å². The van der Waals surface area contributed by atoms with Crippen molar-refractivity contribution in [3.05, 3.63) is 0 Å². The molecule has 6 nitrogen and oxygen atoms in total. The molecule has 2 fully saturated rings. The summed E-state index contributed by atoms with van der Waals surface area (Å²) >= 11 is 0. The molecule has 2 aliphatic heterocycles. The van der Waals surface area contributed by atoms with Crippen molar-refractivity contribution in [2.24, 2.45) is 0 Å². The van der Waals surface area contributed by atoms with Crippen molar-refractivity contribution in [2.45, 2.75) is 19.4 Å². The Bertz CT molecular complexity index is 337. The standard InChI is InChI=1S/C10H21N3O3S/c1-2-3-13(10-8-11-9-10)17(14,15)12-4-6-16-7-5-12/h10-11H,2-9H2,1H3. The van der Waals surface area contributed by atoms with Crippen LogP contribution >= 0.6 is 0 Å². The zero-order chi connectivity index (χ0) is 12.3. The Morgan fingerprint density at radius 3 is 2.47 bits per heavy atom. The number of morpholine rings is 1. The third kappa shape index (κ3) is 2.79. The van der Waals surface area contributed by atoms with Crippen molar-refractivity contribution < 1.29 is 13.2 Å². The predicted molar refractivity (Wildman–Crippen MR) is 65.0 cm³/mol. The minimum atomic E-state index is -3.30. The van der Waals surface area contributed by atoms with Gasteiger partial charge < -0.3 is 10.1 Å². The number of rotatable bonds is 5. The van der Waals surface area contributed by atoms with Crippen molar-refractivity contribution in [2.75, 3.05) is 45.9 Å². The molecule has 2 aliphatic rings. The molecule has 0 aromatic rings. The molecule has 17 heavy (non-hydrogen) atoms. The molecular weight excluding hydrogens is 242 g/mol. The van der Waals surface area contributed by atoms with Crippen molar-refractivity contribution in [3.8, 4) is 0 Å².